The molecule has 0 aliphatic carbocycles. The van der Waals surface area contributed by atoms with Gasteiger partial charge < -0.3 is 19.9 Å². The zero-order valence-electron chi connectivity index (χ0n) is 11.5. The Morgan fingerprint density at radius 1 is 1.43 bits per heavy atom. The van der Waals surface area contributed by atoms with E-state index in [1.165, 1.54) is 31.2 Å². The lowest BCUT2D eigenvalue weighted by Crippen LogP contribution is -2.57. The lowest BCUT2D eigenvalue weighted by Gasteiger charge is -2.25. The van der Waals surface area contributed by atoms with Crippen LogP contribution >= 0.6 is 0 Å². The van der Waals surface area contributed by atoms with Crippen molar-refractivity contribution in [3.63, 3.8) is 0 Å². The number of hydrogen-bond donors (Lipinski definition) is 2. The van der Waals surface area contributed by atoms with Gasteiger partial charge in [-0.1, -0.05) is 0 Å². The number of amides is 1. The first kappa shape index (κ1) is 15.2. The van der Waals surface area contributed by atoms with Crippen LogP contribution in [0.3, 0.4) is 0 Å². The quantitative estimate of drug-likeness (QED) is 0.845. The maximum Gasteiger partial charge on any atom is 0.331 e. The van der Waals surface area contributed by atoms with Gasteiger partial charge in [-0.05, 0) is 31.2 Å². The molecule has 6 nitrogen and oxygen atoms in total. The third kappa shape index (κ3) is 3.49. The Hall–Kier alpha value is -2.15. The van der Waals surface area contributed by atoms with Crippen molar-refractivity contribution in [3.05, 3.63) is 30.1 Å². The first-order valence-electron chi connectivity index (χ1n) is 6.48. The average Bonchev–Trinajstić information content (AvgIpc) is 2.91. The molecule has 0 radical (unpaired) electrons. The van der Waals surface area contributed by atoms with Crippen LogP contribution in [0.5, 0.6) is 5.75 Å². The van der Waals surface area contributed by atoms with Gasteiger partial charge in [0.1, 0.15) is 11.6 Å². The van der Waals surface area contributed by atoms with E-state index >= 15 is 0 Å². The maximum absolute atomic E-state index is 12.8. The predicted octanol–water partition coefficient (Wildman–Crippen LogP) is 0.953. The minimum Gasteiger partial charge on any atom is -0.481 e. The summed E-state index contributed by atoms with van der Waals surface area (Å²) < 4.78 is 23.2. The second-order valence-electron chi connectivity index (χ2n) is 4.89. The number of carboxylic acid groups (broad SMARTS) is 1. The minimum absolute atomic E-state index is 0.0721. The third-order valence-corrected chi connectivity index (χ3v) is 3.29. The summed E-state index contributed by atoms with van der Waals surface area (Å²) in [5, 5.41) is 11.7. The minimum atomic E-state index is -1.41. The molecule has 2 rings (SSSR count). The Kier molecular flexibility index (Phi) is 4.42. The van der Waals surface area contributed by atoms with Crippen molar-refractivity contribution in [2.24, 2.45) is 0 Å². The largest absolute Gasteiger partial charge is 0.481 e. The Labute approximate surface area is 120 Å². The number of halogens is 1. The van der Waals surface area contributed by atoms with Crippen molar-refractivity contribution in [3.8, 4) is 5.75 Å². The summed E-state index contributed by atoms with van der Waals surface area (Å²) in [5.41, 5.74) is -1.41. The molecule has 1 fully saturated rings. The zero-order chi connectivity index (χ0) is 15.5. The summed E-state index contributed by atoms with van der Waals surface area (Å²) in [4.78, 5) is 23.4. The van der Waals surface area contributed by atoms with Gasteiger partial charge in [-0.3, -0.25) is 4.79 Å². The van der Waals surface area contributed by atoms with Crippen LogP contribution in [0, 0.1) is 5.82 Å². The lowest BCUT2D eigenvalue weighted by molar-refractivity contribution is -0.148. The molecule has 1 aliphatic heterocycles. The molecule has 7 heteroatoms. The van der Waals surface area contributed by atoms with Gasteiger partial charge in [0.2, 0.25) is 0 Å². The summed E-state index contributed by atoms with van der Waals surface area (Å²) in [6.45, 7) is 1.70. The third-order valence-electron chi connectivity index (χ3n) is 3.29. The molecule has 2 N–H and O–H groups in total. The number of aliphatic carboxylic acids is 1. The van der Waals surface area contributed by atoms with Crippen LogP contribution in [0.1, 0.15) is 13.3 Å². The van der Waals surface area contributed by atoms with Crippen molar-refractivity contribution < 1.29 is 28.6 Å². The van der Waals surface area contributed by atoms with E-state index < -0.39 is 29.3 Å². The highest BCUT2D eigenvalue weighted by Crippen LogP contribution is 2.20. The van der Waals surface area contributed by atoms with Crippen LogP contribution in [0.2, 0.25) is 0 Å². The molecular weight excluding hydrogens is 281 g/mol. The van der Waals surface area contributed by atoms with Crippen LogP contribution in [-0.2, 0) is 14.3 Å². The van der Waals surface area contributed by atoms with Crippen LogP contribution in [0.4, 0.5) is 4.39 Å². The van der Waals surface area contributed by atoms with E-state index in [-0.39, 0.29) is 19.6 Å². The first-order chi connectivity index (χ1) is 9.93. The van der Waals surface area contributed by atoms with Gasteiger partial charge in [0.15, 0.2) is 11.6 Å². The van der Waals surface area contributed by atoms with Crippen molar-refractivity contribution in [1.82, 2.24) is 5.32 Å². The molecule has 0 bridgehead atoms. The normalized spacial score (nSPS) is 22.6. The zero-order valence-corrected chi connectivity index (χ0v) is 11.5. The number of hydrogen-bond acceptors (Lipinski definition) is 4. The molecule has 1 aromatic carbocycles. The molecule has 1 aliphatic rings. The van der Waals surface area contributed by atoms with E-state index in [0.717, 1.165) is 0 Å². The molecule has 0 spiro atoms. The fourth-order valence-corrected chi connectivity index (χ4v) is 1.99. The van der Waals surface area contributed by atoms with Gasteiger partial charge in [0.05, 0.1) is 6.61 Å². The number of ether oxygens (including phenoxy) is 2. The monoisotopic (exact) mass is 297 g/mol. The van der Waals surface area contributed by atoms with Gasteiger partial charge in [-0.25, -0.2) is 9.18 Å². The molecule has 0 aromatic heterocycles. The highest BCUT2D eigenvalue weighted by molar-refractivity contribution is 5.89. The van der Waals surface area contributed by atoms with Crippen molar-refractivity contribution >= 4 is 11.9 Å². The fourth-order valence-electron chi connectivity index (χ4n) is 1.99. The topological polar surface area (TPSA) is 84.9 Å². The Morgan fingerprint density at radius 2 is 2.10 bits per heavy atom. The van der Waals surface area contributed by atoms with Crippen molar-refractivity contribution in [1.29, 1.82) is 0 Å². The van der Waals surface area contributed by atoms with E-state index in [1.54, 1.807) is 0 Å². The van der Waals surface area contributed by atoms with Crippen LogP contribution in [-0.4, -0.2) is 41.8 Å². The van der Waals surface area contributed by atoms with E-state index in [2.05, 4.69) is 5.32 Å². The molecule has 2 unspecified atom stereocenters. The van der Waals surface area contributed by atoms with Gasteiger partial charge in [0.25, 0.3) is 5.91 Å². The standard InChI is InChI=1S/C14H16FNO5/c1-9(21-11-4-2-10(15)3-5-11)12(17)16-14(13(18)19)6-7-20-8-14/h2-5,9H,6-8H2,1H3,(H,16,17)(H,18,19). The second kappa shape index (κ2) is 6.09. The molecule has 1 amide bonds. The number of rotatable bonds is 5. The lowest BCUT2D eigenvalue weighted by atomic mass is 9.98. The van der Waals surface area contributed by atoms with Crippen LogP contribution < -0.4 is 10.1 Å². The SMILES string of the molecule is CC(Oc1ccc(F)cc1)C(=O)NC1(C(=O)O)CCOC1. The number of carboxylic acids is 1. The highest BCUT2D eigenvalue weighted by Gasteiger charge is 2.44. The smallest absolute Gasteiger partial charge is 0.331 e. The van der Waals surface area contributed by atoms with Gasteiger partial charge >= 0.3 is 5.97 Å². The Balaban J connectivity index is 1.99. The predicted molar refractivity (Wildman–Crippen MR) is 70.4 cm³/mol. The number of carbonyl (C=O) groups excluding carboxylic acids is 1. The van der Waals surface area contributed by atoms with Crippen molar-refractivity contribution in [2.75, 3.05) is 13.2 Å². The summed E-state index contributed by atoms with van der Waals surface area (Å²) in [6.07, 6.45) is -0.704. The Bertz CT molecular complexity index is 525. The van der Waals surface area contributed by atoms with Gasteiger partial charge in [-0.15, -0.1) is 0 Å². The van der Waals surface area contributed by atoms with E-state index in [1.807, 2.05) is 0 Å². The molecule has 2 atom stereocenters. The maximum atomic E-state index is 12.8. The summed E-state index contributed by atoms with van der Waals surface area (Å²) in [6, 6.07) is 5.21. The molecular formula is C14H16FNO5. The van der Waals surface area contributed by atoms with E-state index in [4.69, 9.17) is 9.47 Å². The first-order valence-corrected chi connectivity index (χ1v) is 6.48. The molecule has 1 heterocycles. The van der Waals surface area contributed by atoms with Gasteiger partial charge in [0, 0.05) is 13.0 Å². The number of benzene rings is 1. The number of nitrogens with one attached hydrogen (secondary N) is 1. The Morgan fingerprint density at radius 3 is 2.62 bits per heavy atom. The molecule has 114 valence electrons. The average molecular weight is 297 g/mol. The van der Waals surface area contributed by atoms with Crippen molar-refractivity contribution in [2.45, 2.75) is 25.0 Å². The molecule has 0 saturated carbocycles. The van der Waals surface area contributed by atoms with E-state index in [9.17, 15) is 19.1 Å². The fraction of sp³-hybridized carbons (Fsp3) is 0.429. The van der Waals surface area contributed by atoms with E-state index in [0.29, 0.717) is 5.75 Å². The van der Waals surface area contributed by atoms with Gasteiger partial charge in [-0.2, -0.15) is 0 Å². The molecule has 1 aromatic rings. The highest BCUT2D eigenvalue weighted by atomic mass is 19.1. The second-order valence-corrected chi connectivity index (χ2v) is 4.89. The summed E-state index contributed by atoms with van der Waals surface area (Å²) in [5.74, 6) is -1.78. The number of carbonyl (C=O) groups is 2. The van der Waals surface area contributed by atoms with Crippen LogP contribution in [0.25, 0.3) is 0 Å². The summed E-state index contributed by atoms with van der Waals surface area (Å²) in [7, 11) is 0. The molecule has 21 heavy (non-hydrogen) atoms. The summed E-state index contributed by atoms with van der Waals surface area (Å²) >= 11 is 0. The van der Waals surface area contributed by atoms with Crippen LogP contribution in [0.15, 0.2) is 24.3 Å². The molecule has 1 saturated heterocycles.